The van der Waals surface area contributed by atoms with Gasteiger partial charge in [-0.2, -0.15) is 0 Å². The Bertz CT molecular complexity index is 530. The Hall–Kier alpha value is -1.24. The van der Waals surface area contributed by atoms with E-state index in [0.29, 0.717) is 13.2 Å². The van der Waals surface area contributed by atoms with Crippen molar-refractivity contribution in [1.29, 1.82) is 0 Å². The van der Waals surface area contributed by atoms with Gasteiger partial charge in [-0.1, -0.05) is 11.8 Å². The number of rotatable bonds is 7. The fourth-order valence-electron chi connectivity index (χ4n) is 1.74. The Labute approximate surface area is 116 Å². The molecule has 2 rings (SSSR count). The number of H-pyrrole nitrogens is 1. The van der Waals surface area contributed by atoms with E-state index in [1.807, 2.05) is 25.1 Å². The van der Waals surface area contributed by atoms with Crippen molar-refractivity contribution in [3.8, 4) is 5.75 Å². The largest absolute Gasteiger partial charge is 0.494 e. The zero-order valence-corrected chi connectivity index (χ0v) is 12.0. The lowest BCUT2D eigenvalue weighted by atomic mass is 10.3. The standard InChI is InChI=1S/C13H19N3O2S/c1-3-18-10-4-5-11-12(6-10)16-13(15-11)19-8-9(14)7-17-2/h4-6,9H,3,7-8,14H2,1-2H3,(H,15,16). The summed E-state index contributed by atoms with van der Waals surface area (Å²) in [5, 5.41) is 0.871. The predicted octanol–water partition coefficient (Wildman–Crippen LogP) is 2.03. The van der Waals surface area contributed by atoms with Crippen molar-refractivity contribution in [2.45, 2.75) is 18.1 Å². The summed E-state index contributed by atoms with van der Waals surface area (Å²) in [5.74, 6) is 1.62. The fraction of sp³-hybridized carbons (Fsp3) is 0.462. The average molecular weight is 281 g/mol. The van der Waals surface area contributed by atoms with Gasteiger partial charge in [0.1, 0.15) is 5.75 Å². The van der Waals surface area contributed by atoms with Gasteiger partial charge in [-0.25, -0.2) is 4.98 Å². The Morgan fingerprint density at radius 3 is 3.05 bits per heavy atom. The maximum Gasteiger partial charge on any atom is 0.166 e. The van der Waals surface area contributed by atoms with E-state index < -0.39 is 0 Å². The van der Waals surface area contributed by atoms with E-state index in [0.717, 1.165) is 27.7 Å². The third-order valence-corrected chi connectivity index (χ3v) is 3.62. The van der Waals surface area contributed by atoms with Gasteiger partial charge in [0, 0.05) is 25.0 Å². The first-order valence-electron chi connectivity index (χ1n) is 6.22. The number of ether oxygens (including phenoxy) is 2. The highest BCUT2D eigenvalue weighted by atomic mass is 32.2. The first-order valence-corrected chi connectivity index (χ1v) is 7.21. The summed E-state index contributed by atoms with van der Waals surface area (Å²) in [6.45, 7) is 3.18. The number of hydrogen-bond donors (Lipinski definition) is 2. The maximum absolute atomic E-state index is 5.88. The molecule has 0 bridgehead atoms. The molecule has 0 saturated carbocycles. The Kier molecular flexibility index (Phi) is 5.07. The van der Waals surface area contributed by atoms with Crippen LogP contribution in [0.3, 0.4) is 0 Å². The second-order valence-electron chi connectivity index (χ2n) is 4.18. The zero-order chi connectivity index (χ0) is 13.7. The molecule has 0 aliphatic carbocycles. The molecule has 5 nitrogen and oxygen atoms in total. The molecule has 19 heavy (non-hydrogen) atoms. The topological polar surface area (TPSA) is 73.2 Å². The molecule has 0 aliphatic rings. The van der Waals surface area contributed by atoms with E-state index in [2.05, 4.69) is 9.97 Å². The van der Waals surface area contributed by atoms with Crippen LogP contribution in [0, 0.1) is 0 Å². The molecule has 1 aromatic heterocycles. The van der Waals surface area contributed by atoms with Crippen LogP contribution in [0.4, 0.5) is 0 Å². The van der Waals surface area contributed by atoms with Crippen LogP contribution in [-0.2, 0) is 4.74 Å². The summed E-state index contributed by atoms with van der Waals surface area (Å²) in [6, 6.07) is 5.86. The van der Waals surface area contributed by atoms with Gasteiger partial charge in [0.15, 0.2) is 5.16 Å². The van der Waals surface area contributed by atoms with Crippen LogP contribution in [0.1, 0.15) is 6.92 Å². The van der Waals surface area contributed by atoms with Gasteiger partial charge in [-0.15, -0.1) is 0 Å². The molecule has 104 valence electrons. The molecule has 0 fully saturated rings. The van der Waals surface area contributed by atoms with Crippen molar-refractivity contribution < 1.29 is 9.47 Å². The van der Waals surface area contributed by atoms with Gasteiger partial charge in [-0.05, 0) is 19.1 Å². The molecule has 6 heteroatoms. The number of thioether (sulfide) groups is 1. The number of imidazole rings is 1. The van der Waals surface area contributed by atoms with Crippen molar-refractivity contribution >= 4 is 22.8 Å². The summed E-state index contributed by atoms with van der Waals surface area (Å²) >= 11 is 1.60. The molecule has 0 aliphatic heterocycles. The van der Waals surface area contributed by atoms with Crippen LogP contribution in [0.15, 0.2) is 23.4 Å². The van der Waals surface area contributed by atoms with E-state index in [-0.39, 0.29) is 6.04 Å². The van der Waals surface area contributed by atoms with Crippen molar-refractivity contribution in [3.63, 3.8) is 0 Å². The summed E-state index contributed by atoms with van der Waals surface area (Å²) < 4.78 is 10.5. The molecule has 0 spiro atoms. The third-order valence-electron chi connectivity index (χ3n) is 2.56. The number of hydrogen-bond acceptors (Lipinski definition) is 5. The summed E-state index contributed by atoms with van der Waals surface area (Å²) in [4.78, 5) is 7.77. The number of aromatic nitrogens is 2. The molecule has 0 amide bonds. The minimum Gasteiger partial charge on any atom is -0.494 e. The quantitative estimate of drug-likeness (QED) is 0.760. The normalized spacial score (nSPS) is 12.8. The highest BCUT2D eigenvalue weighted by molar-refractivity contribution is 7.99. The molecular formula is C13H19N3O2S. The number of fused-ring (bicyclic) bond motifs is 1. The van der Waals surface area contributed by atoms with Gasteiger partial charge in [-0.3, -0.25) is 0 Å². The molecule has 0 saturated heterocycles. The highest BCUT2D eigenvalue weighted by Crippen LogP contribution is 2.23. The van der Waals surface area contributed by atoms with Gasteiger partial charge >= 0.3 is 0 Å². The lowest BCUT2D eigenvalue weighted by molar-refractivity contribution is 0.186. The molecule has 1 aromatic carbocycles. The number of nitrogens with one attached hydrogen (secondary N) is 1. The lowest BCUT2D eigenvalue weighted by Gasteiger charge is -2.07. The minimum atomic E-state index is 0.0159. The summed E-state index contributed by atoms with van der Waals surface area (Å²) in [5.41, 5.74) is 7.80. The molecule has 0 radical (unpaired) electrons. The van der Waals surface area contributed by atoms with Crippen molar-refractivity contribution in [2.24, 2.45) is 5.73 Å². The van der Waals surface area contributed by atoms with Crippen LogP contribution in [0.25, 0.3) is 11.0 Å². The third kappa shape index (κ3) is 3.86. The predicted molar refractivity (Wildman–Crippen MR) is 77.8 cm³/mol. The van der Waals surface area contributed by atoms with E-state index in [9.17, 15) is 0 Å². The maximum atomic E-state index is 5.88. The van der Waals surface area contributed by atoms with Crippen LogP contribution in [-0.4, -0.2) is 42.1 Å². The monoisotopic (exact) mass is 281 g/mol. The number of methoxy groups -OCH3 is 1. The SMILES string of the molecule is CCOc1ccc2nc(SCC(N)COC)[nH]c2c1. The molecule has 2 aromatic rings. The van der Waals surface area contributed by atoms with E-state index in [1.165, 1.54) is 0 Å². The molecule has 1 heterocycles. The molecule has 3 N–H and O–H groups in total. The van der Waals surface area contributed by atoms with Crippen LogP contribution in [0.2, 0.25) is 0 Å². The second kappa shape index (κ2) is 6.79. The first kappa shape index (κ1) is 14.2. The smallest absolute Gasteiger partial charge is 0.166 e. The molecule has 1 unspecified atom stereocenters. The summed E-state index contributed by atoms with van der Waals surface area (Å²) in [6.07, 6.45) is 0. The van der Waals surface area contributed by atoms with Crippen molar-refractivity contribution in [2.75, 3.05) is 26.1 Å². The van der Waals surface area contributed by atoms with Gasteiger partial charge in [0.25, 0.3) is 0 Å². The second-order valence-corrected chi connectivity index (χ2v) is 5.19. The van der Waals surface area contributed by atoms with Gasteiger partial charge in [0.05, 0.1) is 24.2 Å². The van der Waals surface area contributed by atoms with Crippen molar-refractivity contribution in [3.05, 3.63) is 18.2 Å². The van der Waals surface area contributed by atoms with E-state index in [1.54, 1.807) is 18.9 Å². The van der Waals surface area contributed by atoms with Crippen LogP contribution >= 0.6 is 11.8 Å². The van der Waals surface area contributed by atoms with Crippen molar-refractivity contribution in [1.82, 2.24) is 9.97 Å². The van der Waals surface area contributed by atoms with Gasteiger partial charge < -0.3 is 20.2 Å². The minimum absolute atomic E-state index is 0.0159. The van der Waals surface area contributed by atoms with Gasteiger partial charge in [0.2, 0.25) is 0 Å². The average Bonchev–Trinajstić information content (AvgIpc) is 2.79. The Morgan fingerprint density at radius 2 is 2.32 bits per heavy atom. The first-order chi connectivity index (χ1) is 9.22. The zero-order valence-electron chi connectivity index (χ0n) is 11.2. The Balaban J connectivity index is 2.04. The number of nitrogens with two attached hydrogens (primary N) is 1. The number of aromatic amines is 1. The van der Waals surface area contributed by atoms with Crippen LogP contribution < -0.4 is 10.5 Å². The molecule has 1 atom stereocenters. The Morgan fingerprint density at radius 1 is 1.47 bits per heavy atom. The number of nitrogens with zero attached hydrogens (tertiary/aromatic N) is 1. The fourth-order valence-corrected chi connectivity index (χ4v) is 2.55. The highest BCUT2D eigenvalue weighted by Gasteiger charge is 2.07. The summed E-state index contributed by atoms with van der Waals surface area (Å²) in [7, 11) is 1.65. The lowest BCUT2D eigenvalue weighted by Crippen LogP contribution is -2.28. The van der Waals surface area contributed by atoms with E-state index in [4.69, 9.17) is 15.2 Å². The van der Waals surface area contributed by atoms with Crippen LogP contribution in [0.5, 0.6) is 5.75 Å². The molecular weight excluding hydrogens is 262 g/mol. The van der Waals surface area contributed by atoms with E-state index >= 15 is 0 Å². The number of benzene rings is 1.